The van der Waals surface area contributed by atoms with E-state index < -0.39 is 6.10 Å². The maximum Gasteiger partial charge on any atom is 0.222 e. The van der Waals surface area contributed by atoms with Gasteiger partial charge in [-0.05, 0) is 23.8 Å². The molecule has 5 nitrogen and oxygen atoms in total. The maximum absolute atomic E-state index is 11.6. The van der Waals surface area contributed by atoms with E-state index in [1.54, 1.807) is 18.2 Å². The van der Waals surface area contributed by atoms with Gasteiger partial charge in [0.05, 0.1) is 18.6 Å². The monoisotopic (exact) mass is 356 g/mol. The molecule has 120 valence electrons. The topological polar surface area (TPSA) is 84.6 Å². The molecule has 0 aliphatic rings. The van der Waals surface area contributed by atoms with Crippen LogP contribution in [0.2, 0.25) is 10.0 Å². The highest BCUT2D eigenvalue weighted by Crippen LogP contribution is 2.23. The zero-order valence-corrected chi connectivity index (χ0v) is 13.8. The van der Waals surface area contributed by atoms with Crippen LogP contribution < -0.4 is 11.1 Å². The summed E-state index contributed by atoms with van der Waals surface area (Å²) in [6.45, 7) is 0.326. The molecule has 1 aromatic carbocycles. The zero-order valence-electron chi connectivity index (χ0n) is 11.5. The molecule has 0 spiro atoms. The molecule has 2 unspecified atom stereocenters. The molecule has 0 bridgehead atoms. The number of carbonyl (C=O) groups is 1. The Morgan fingerprint density at radius 1 is 1.38 bits per heavy atom. The second-order valence-corrected chi connectivity index (χ2v) is 5.19. The molecule has 8 heteroatoms. The molecule has 0 saturated heterocycles. The number of carbonyl (C=O) groups excluding carboxylic acids is 1. The number of methoxy groups -OCH3 is 1. The highest BCUT2D eigenvalue weighted by molar-refractivity contribution is 6.34. The van der Waals surface area contributed by atoms with Gasteiger partial charge in [0.15, 0.2) is 0 Å². The van der Waals surface area contributed by atoms with Crippen LogP contribution in [0.5, 0.6) is 0 Å². The van der Waals surface area contributed by atoms with E-state index in [9.17, 15) is 9.90 Å². The van der Waals surface area contributed by atoms with Crippen molar-refractivity contribution in [3.63, 3.8) is 0 Å². The quantitative estimate of drug-likeness (QED) is 0.696. The molecule has 0 heterocycles. The van der Waals surface area contributed by atoms with Gasteiger partial charge in [-0.25, -0.2) is 0 Å². The van der Waals surface area contributed by atoms with Gasteiger partial charge >= 0.3 is 0 Å². The van der Waals surface area contributed by atoms with Crippen LogP contribution in [0.25, 0.3) is 0 Å². The highest BCUT2D eigenvalue weighted by Gasteiger charge is 2.14. The number of hydrogen-bond acceptors (Lipinski definition) is 4. The first-order valence-corrected chi connectivity index (χ1v) is 6.85. The van der Waals surface area contributed by atoms with Crippen LogP contribution >= 0.6 is 35.6 Å². The molecule has 4 N–H and O–H groups in total. The van der Waals surface area contributed by atoms with Gasteiger partial charge in [0, 0.05) is 30.2 Å². The maximum atomic E-state index is 11.6. The number of aliphatic hydroxyl groups excluding tert-OH is 1. The summed E-state index contributed by atoms with van der Waals surface area (Å²) in [4.78, 5) is 11.6. The summed E-state index contributed by atoms with van der Waals surface area (Å²) in [5.74, 6) is -0.241. The van der Waals surface area contributed by atoms with E-state index in [1.807, 2.05) is 0 Å². The molecule has 0 aliphatic carbocycles. The summed E-state index contributed by atoms with van der Waals surface area (Å²) < 4.78 is 5.01. The van der Waals surface area contributed by atoms with Crippen molar-refractivity contribution >= 4 is 41.5 Å². The van der Waals surface area contributed by atoms with Crippen molar-refractivity contribution in [2.75, 3.05) is 20.2 Å². The number of halogens is 3. The van der Waals surface area contributed by atoms with Crippen molar-refractivity contribution in [1.82, 2.24) is 5.32 Å². The number of aliphatic hydroxyl groups is 1. The second-order valence-electron chi connectivity index (χ2n) is 4.32. The fourth-order valence-electron chi connectivity index (χ4n) is 1.64. The van der Waals surface area contributed by atoms with Gasteiger partial charge in [0.1, 0.15) is 0 Å². The number of hydrogen-bond donors (Lipinski definition) is 3. The van der Waals surface area contributed by atoms with Gasteiger partial charge in [-0.3, -0.25) is 4.79 Å². The molecular weight excluding hydrogens is 339 g/mol. The molecule has 0 radical (unpaired) electrons. The van der Waals surface area contributed by atoms with Crippen LogP contribution in [-0.2, 0) is 9.53 Å². The van der Waals surface area contributed by atoms with Gasteiger partial charge in [0.2, 0.25) is 5.91 Å². The van der Waals surface area contributed by atoms with E-state index in [1.165, 1.54) is 7.11 Å². The third-order valence-corrected chi connectivity index (χ3v) is 3.21. The number of nitrogens with two attached hydrogens (primary N) is 1. The van der Waals surface area contributed by atoms with Crippen molar-refractivity contribution in [2.45, 2.75) is 18.6 Å². The van der Waals surface area contributed by atoms with Crippen molar-refractivity contribution < 1.29 is 14.6 Å². The van der Waals surface area contributed by atoms with Crippen LogP contribution in [-0.4, -0.2) is 37.3 Å². The third-order valence-electron chi connectivity index (χ3n) is 2.77. The summed E-state index contributed by atoms with van der Waals surface area (Å²) in [5, 5.41) is 13.4. The summed E-state index contributed by atoms with van der Waals surface area (Å²) in [5.41, 5.74) is 5.97. The van der Waals surface area contributed by atoms with Gasteiger partial charge < -0.3 is 20.9 Å². The smallest absolute Gasteiger partial charge is 0.222 e. The van der Waals surface area contributed by atoms with Crippen LogP contribution in [0, 0.1) is 0 Å². The normalized spacial score (nSPS) is 13.2. The number of benzene rings is 1. The largest absolute Gasteiger partial charge is 0.387 e. The van der Waals surface area contributed by atoms with E-state index in [-0.39, 0.29) is 43.9 Å². The molecule has 1 aromatic rings. The fraction of sp³-hybridized carbons (Fsp3) is 0.462. The van der Waals surface area contributed by atoms with Crippen LogP contribution in [0.15, 0.2) is 18.2 Å². The predicted octanol–water partition coefficient (Wildman–Crippen LogP) is 1.93. The van der Waals surface area contributed by atoms with Crippen molar-refractivity contribution in [1.29, 1.82) is 0 Å². The Labute approximate surface area is 140 Å². The number of ether oxygens (including phenoxy) is 1. The van der Waals surface area contributed by atoms with Crippen molar-refractivity contribution in [3.8, 4) is 0 Å². The molecule has 0 aromatic heterocycles. The highest BCUT2D eigenvalue weighted by atomic mass is 35.5. The van der Waals surface area contributed by atoms with Crippen LogP contribution in [0.1, 0.15) is 18.1 Å². The van der Waals surface area contributed by atoms with Crippen molar-refractivity contribution in [3.05, 3.63) is 33.8 Å². The minimum absolute atomic E-state index is 0. The third kappa shape index (κ3) is 7.31. The SMILES string of the molecule is COC(CN)CC(=O)NCC(O)c1cc(Cl)cc(Cl)c1.Cl. The summed E-state index contributed by atoms with van der Waals surface area (Å²) in [6, 6.07) is 4.77. The Kier molecular flexibility index (Phi) is 9.94. The Balaban J connectivity index is 0.00000400. The Bertz CT molecular complexity index is 436. The van der Waals surface area contributed by atoms with E-state index in [0.29, 0.717) is 15.6 Å². The lowest BCUT2D eigenvalue weighted by atomic mass is 10.1. The minimum atomic E-state index is -0.881. The first-order valence-electron chi connectivity index (χ1n) is 6.10. The molecule has 1 rings (SSSR count). The molecule has 0 saturated carbocycles. The Morgan fingerprint density at radius 3 is 2.43 bits per heavy atom. The molecule has 1 amide bonds. The lowest BCUT2D eigenvalue weighted by molar-refractivity contribution is -0.123. The average molecular weight is 358 g/mol. The van der Waals surface area contributed by atoms with E-state index >= 15 is 0 Å². The number of rotatable bonds is 7. The second kappa shape index (κ2) is 10.2. The van der Waals surface area contributed by atoms with Gasteiger partial charge in [-0.15, -0.1) is 12.4 Å². The van der Waals surface area contributed by atoms with Gasteiger partial charge in [0.25, 0.3) is 0 Å². The molecule has 0 fully saturated rings. The minimum Gasteiger partial charge on any atom is -0.387 e. The van der Waals surface area contributed by atoms with Gasteiger partial charge in [-0.1, -0.05) is 23.2 Å². The summed E-state index contributed by atoms with van der Waals surface area (Å²) >= 11 is 11.7. The van der Waals surface area contributed by atoms with Crippen LogP contribution in [0.4, 0.5) is 0 Å². The summed E-state index contributed by atoms with van der Waals surface area (Å²) in [7, 11) is 1.49. The van der Waals surface area contributed by atoms with Crippen LogP contribution in [0.3, 0.4) is 0 Å². The van der Waals surface area contributed by atoms with E-state index in [4.69, 9.17) is 33.7 Å². The Hall–Kier alpha value is -0.560. The van der Waals surface area contributed by atoms with Crippen molar-refractivity contribution in [2.24, 2.45) is 5.73 Å². The average Bonchev–Trinajstić information content (AvgIpc) is 2.41. The van der Waals surface area contributed by atoms with Gasteiger partial charge in [-0.2, -0.15) is 0 Å². The fourth-order valence-corrected chi connectivity index (χ4v) is 2.18. The van der Waals surface area contributed by atoms with E-state index in [0.717, 1.165) is 0 Å². The molecule has 0 aliphatic heterocycles. The first-order chi connectivity index (χ1) is 9.46. The number of amides is 1. The Morgan fingerprint density at radius 2 is 1.95 bits per heavy atom. The molecule has 2 atom stereocenters. The van der Waals surface area contributed by atoms with E-state index in [2.05, 4.69) is 5.32 Å². The zero-order chi connectivity index (χ0) is 15.1. The lowest BCUT2D eigenvalue weighted by Crippen LogP contribution is -2.34. The number of nitrogens with one attached hydrogen (secondary N) is 1. The summed E-state index contributed by atoms with van der Waals surface area (Å²) in [6.07, 6.45) is -1.06. The standard InChI is InChI=1S/C13H18Cl2N2O3.ClH/c1-20-11(6-16)5-13(19)17-7-12(18)8-2-9(14)4-10(15)3-8;/h2-4,11-12,18H,5-7,16H2,1H3,(H,17,19);1H. The lowest BCUT2D eigenvalue weighted by Gasteiger charge is -2.15. The molecular formula is C13H19Cl3N2O3. The predicted molar refractivity (Wildman–Crippen MR) is 86.1 cm³/mol. The first kappa shape index (κ1) is 20.4. The molecule has 21 heavy (non-hydrogen) atoms.